The summed E-state index contributed by atoms with van der Waals surface area (Å²) in [4.78, 5) is 28.5. The van der Waals surface area contributed by atoms with Gasteiger partial charge in [-0.2, -0.15) is 0 Å². The first-order chi connectivity index (χ1) is 19.0. The van der Waals surface area contributed by atoms with Gasteiger partial charge in [0.2, 0.25) is 11.8 Å². The number of amides is 2. The fourth-order valence-electron chi connectivity index (χ4n) is 4.02. The summed E-state index contributed by atoms with van der Waals surface area (Å²) in [6, 6.07) is 18.9. The quantitative estimate of drug-likeness (QED) is 0.316. The molecule has 0 aliphatic carbocycles. The van der Waals surface area contributed by atoms with Gasteiger partial charge in [0.25, 0.3) is 10.0 Å². The molecule has 1 N–H and O–H groups in total. The number of nitrogens with zero attached hydrogens (tertiary/aromatic N) is 2. The maximum atomic E-state index is 14.0. The molecular formula is C30H36ClN3O5S. The average molecular weight is 586 g/mol. The first-order valence-electron chi connectivity index (χ1n) is 13.0. The first kappa shape index (κ1) is 31.0. The fourth-order valence-corrected chi connectivity index (χ4v) is 5.55. The number of benzene rings is 3. The van der Waals surface area contributed by atoms with Crippen LogP contribution in [-0.4, -0.2) is 50.9 Å². The highest BCUT2D eigenvalue weighted by atomic mass is 35.5. The molecule has 0 fully saturated rings. The largest absolute Gasteiger partial charge is 0.497 e. The monoisotopic (exact) mass is 585 g/mol. The summed E-state index contributed by atoms with van der Waals surface area (Å²) in [6.45, 7) is 6.92. The van der Waals surface area contributed by atoms with Gasteiger partial charge in [-0.25, -0.2) is 8.42 Å². The van der Waals surface area contributed by atoms with Crippen LogP contribution in [0.4, 0.5) is 5.69 Å². The molecule has 0 radical (unpaired) electrons. The summed E-state index contributed by atoms with van der Waals surface area (Å²) in [5, 5.41) is 3.32. The predicted octanol–water partition coefficient (Wildman–Crippen LogP) is 5.18. The minimum atomic E-state index is -4.16. The van der Waals surface area contributed by atoms with E-state index < -0.39 is 28.5 Å². The molecule has 8 nitrogen and oxygen atoms in total. The number of carbonyl (C=O) groups excluding carboxylic acids is 2. The van der Waals surface area contributed by atoms with E-state index in [0.29, 0.717) is 16.5 Å². The molecule has 2 amide bonds. The molecular weight excluding hydrogens is 550 g/mol. The predicted molar refractivity (Wildman–Crippen MR) is 158 cm³/mol. The Morgan fingerprint density at radius 3 is 2.23 bits per heavy atom. The number of hydrogen-bond donors (Lipinski definition) is 1. The van der Waals surface area contributed by atoms with Crippen LogP contribution in [0.15, 0.2) is 77.7 Å². The Kier molecular flexibility index (Phi) is 10.6. The number of rotatable bonds is 12. The molecule has 0 aliphatic heterocycles. The number of halogens is 1. The van der Waals surface area contributed by atoms with Crippen molar-refractivity contribution in [3.8, 4) is 5.75 Å². The standard InChI is InChI=1S/C30H36ClN3O5S/c1-6-22(3)32-30(36)23(4)33(19-24-10-14-27(39-5)15-11-24)29(35)20-34(26-9-7-8-21(2)18-26)40(37,38)28-16-12-25(31)13-17-28/h7-18,22-23H,6,19-20H2,1-5H3,(H,32,36)/t22-,23-/m0/s1. The second-order valence-electron chi connectivity index (χ2n) is 9.67. The van der Waals surface area contributed by atoms with Gasteiger partial charge in [0, 0.05) is 17.6 Å². The molecule has 0 heterocycles. The highest BCUT2D eigenvalue weighted by Gasteiger charge is 2.32. The minimum absolute atomic E-state index is 0.00419. The lowest BCUT2D eigenvalue weighted by Gasteiger charge is -2.32. The van der Waals surface area contributed by atoms with Crippen LogP contribution >= 0.6 is 11.6 Å². The van der Waals surface area contributed by atoms with Crippen LogP contribution in [-0.2, 0) is 26.2 Å². The minimum Gasteiger partial charge on any atom is -0.497 e. The molecule has 2 atom stereocenters. The van der Waals surface area contributed by atoms with Crippen LogP contribution in [0, 0.1) is 6.92 Å². The van der Waals surface area contributed by atoms with Gasteiger partial charge in [0.15, 0.2) is 0 Å². The maximum Gasteiger partial charge on any atom is 0.264 e. The van der Waals surface area contributed by atoms with Crippen molar-refractivity contribution >= 4 is 39.1 Å². The van der Waals surface area contributed by atoms with Gasteiger partial charge >= 0.3 is 0 Å². The number of methoxy groups -OCH3 is 1. The van der Waals surface area contributed by atoms with Gasteiger partial charge in [-0.05, 0) is 86.8 Å². The molecule has 3 rings (SSSR count). The van der Waals surface area contributed by atoms with Gasteiger partial charge in [-0.3, -0.25) is 13.9 Å². The van der Waals surface area contributed by atoms with Crippen molar-refractivity contribution in [2.45, 2.75) is 57.6 Å². The molecule has 0 spiro atoms. The van der Waals surface area contributed by atoms with Crippen molar-refractivity contribution in [2.24, 2.45) is 0 Å². The molecule has 40 heavy (non-hydrogen) atoms. The number of ether oxygens (including phenoxy) is 1. The zero-order valence-electron chi connectivity index (χ0n) is 23.4. The number of hydrogen-bond acceptors (Lipinski definition) is 5. The molecule has 214 valence electrons. The highest BCUT2D eigenvalue weighted by Crippen LogP contribution is 2.26. The fraction of sp³-hybridized carbons (Fsp3) is 0.333. The Balaban J connectivity index is 2.02. The third kappa shape index (κ3) is 7.76. The number of anilines is 1. The lowest BCUT2D eigenvalue weighted by Crippen LogP contribution is -2.52. The Hall–Kier alpha value is -3.56. The smallest absolute Gasteiger partial charge is 0.264 e. The van der Waals surface area contributed by atoms with Crippen molar-refractivity contribution in [3.05, 3.63) is 88.9 Å². The van der Waals surface area contributed by atoms with Gasteiger partial charge in [0.05, 0.1) is 17.7 Å². The van der Waals surface area contributed by atoms with Crippen LogP contribution in [0.3, 0.4) is 0 Å². The van der Waals surface area contributed by atoms with Crippen LogP contribution in [0.2, 0.25) is 5.02 Å². The zero-order chi connectivity index (χ0) is 29.4. The van der Waals surface area contributed by atoms with Gasteiger partial charge < -0.3 is 15.0 Å². The zero-order valence-corrected chi connectivity index (χ0v) is 25.0. The van der Waals surface area contributed by atoms with E-state index >= 15 is 0 Å². The van der Waals surface area contributed by atoms with Crippen molar-refractivity contribution in [2.75, 3.05) is 18.0 Å². The molecule has 10 heteroatoms. The Bertz CT molecular complexity index is 1410. The second-order valence-corrected chi connectivity index (χ2v) is 12.0. The molecule has 3 aromatic carbocycles. The lowest BCUT2D eigenvalue weighted by molar-refractivity contribution is -0.139. The molecule has 0 bridgehead atoms. The van der Waals surface area contributed by atoms with Crippen LogP contribution in [0.25, 0.3) is 0 Å². The maximum absolute atomic E-state index is 14.0. The summed E-state index contributed by atoms with van der Waals surface area (Å²) < 4.78 is 34.0. The van der Waals surface area contributed by atoms with Crippen molar-refractivity contribution < 1.29 is 22.7 Å². The number of aryl methyl sites for hydroxylation is 1. The number of carbonyl (C=O) groups is 2. The molecule has 3 aromatic rings. The number of nitrogens with one attached hydrogen (secondary N) is 1. The highest BCUT2D eigenvalue weighted by molar-refractivity contribution is 7.92. The Labute approximate surface area is 241 Å². The van der Waals surface area contributed by atoms with Crippen molar-refractivity contribution in [3.63, 3.8) is 0 Å². The average Bonchev–Trinajstić information content (AvgIpc) is 2.94. The van der Waals surface area contributed by atoms with E-state index in [-0.39, 0.29) is 23.4 Å². The Morgan fingerprint density at radius 2 is 1.65 bits per heavy atom. The third-order valence-electron chi connectivity index (χ3n) is 6.65. The summed E-state index contributed by atoms with van der Waals surface area (Å²) in [5.41, 5.74) is 1.93. The summed E-state index contributed by atoms with van der Waals surface area (Å²) in [5.74, 6) is -0.190. The molecule has 0 saturated carbocycles. The van der Waals surface area contributed by atoms with Gasteiger partial charge in [-0.1, -0.05) is 42.8 Å². The van der Waals surface area contributed by atoms with E-state index in [0.717, 1.165) is 21.9 Å². The van der Waals surface area contributed by atoms with E-state index in [4.69, 9.17) is 16.3 Å². The molecule has 0 aromatic heterocycles. The van der Waals surface area contributed by atoms with Crippen LogP contribution < -0.4 is 14.4 Å². The third-order valence-corrected chi connectivity index (χ3v) is 8.69. The molecule has 0 aliphatic rings. The van der Waals surface area contributed by atoms with Crippen LogP contribution in [0.1, 0.15) is 38.3 Å². The summed E-state index contributed by atoms with van der Waals surface area (Å²) in [6.07, 6.45) is 0.728. The lowest BCUT2D eigenvalue weighted by atomic mass is 10.1. The van der Waals surface area contributed by atoms with E-state index in [2.05, 4.69) is 5.32 Å². The second kappa shape index (κ2) is 13.7. The van der Waals surface area contributed by atoms with Gasteiger partial charge in [-0.15, -0.1) is 0 Å². The molecule has 0 unspecified atom stereocenters. The number of sulfonamides is 1. The first-order valence-corrected chi connectivity index (χ1v) is 14.9. The van der Waals surface area contributed by atoms with E-state index in [1.165, 1.54) is 29.2 Å². The molecule has 0 saturated heterocycles. The summed E-state index contributed by atoms with van der Waals surface area (Å²) in [7, 11) is -2.59. The SMILES string of the molecule is CC[C@H](C)NC(=O)[C@H](C)N(Cc1ccc(OC)cc1)C(=O)CN(c1cccc(C)c1)S(=O)(=O)c1ccc(Cl)cc1. The van der Waals surface area contributed by atoms with Crippen LogP contribution in [0.5, 0.6) is 5.75 Å². The Morgan fingerprint density at radius 1 is 1.00 bits per heavy atom. The van der Waals surface area contributed by atoms with Crippen molar-refractivity contribution in [1.29, 1.82) is 0 Å². The van der Waals surface area contributed by atoms with E-state index in [1.807, 2.05) is 26.8 Å². The van der Waals surface area contributed by atoms with E-state index in [1.54, 1.807) is 56.5 Å². The summed E-state index contributed by atoms with van der Waals surface area (Å²) >= 11 is 6.00. The van der Waals surface area contributed by atoms with Crippen molar-refractivity contribution in [1.82, 2.24) is 10.2 Å². The normalized spacial score (nSPS) is 12.8. The van der Waals surface area contributed by atoms with Gasteiger partial charge in [0.1, 0.15) is 18.3 Å². The van der Waals surface area contributed by atoms with E-state index in [9.17, 15) is 18.0 Å². The topological polar surface area (TPSA) is 96.0 Å².